The Morgan fingerprint density at radius 2 is 1.86 bits per heavy atom. The number of aromatic nitrogens is 5. The minimum Gasteiger partial charge on any atom is -0.350 e. The minimum atomic E-state index is -4.58. The maximum atomic E-state index is 14.7. The molecule has 35 heavy (non-hydrogen) atoms. The van der Waals surface area contributed by atoms with Gasteiger partial charge in [-0.1, -0.05) is 11.2 Å². The van der Waals surface area contributed by atoms with Gasteiger partial charge in [-0.25, -0.2) is 9.07 Å². The van der Waals surface area contributed by atoms with E-state index in [2.05, 4.69) is 30.4 Å². The zero-order chi connectivity index (χ0) is 24.3. The molecular formula is C23H25F4N7O. The molecular weight excluding hydrogens is 466 g/mol. The van der Waals surface area contributed by atoms with Crippen LogP contribution in [0, 0.1) is 24.6 Å². The quantitative estimate of drug-likeness (QED) is 0.542. The van der Waals surface area contributed by atoms with Crippen LogP contribution in [0.1, 0.15) is 54.4 Å². The molecule has 2 aliphatic heterocycles. The second kappa shape index (κ2) is 8.20. The predicted octanol–water partition coefficient (Wildman–Crippen LogP) is 4.38. The second-order valence-corrected chi connectivity index (χ2v) is 9.74. The van der Waals surface area contributed by atoms with E-state index in [1.807, 2.05) is 0 Å². The smallest absolute Gasteiger partial charge is 0.350 e. The number of benzene rings is 1. The lowest BCUT2D eigenvalue weighted by Gasteiger charge is -2.37. The Kier molecular flexibility index (Phi) is 5.22. The Hall–Kier alpha value is -3.18. The van der Waals surface area contributed by atoms with Gasteiger partial charge in [0.1, 0.15) is 11.6 Å². The zero-order valence-corrected chi connectivity index (χ0v) is 19.1. The van der Waals surface area contributed by atoms with Crippen molar-refractivity contribution in [3.63, 3.8) is 0 Å². The van der Waals surface area contributed by atoms with Crippen LogP contribution in [-0.4, -0.2) is 44.0 Å². The van der Waals surface area contributed by atoms with Gasteiger partial charge < -0.3 is 14.7 Å². The molecule has 1 saturated carbocycles. The number of halogens is 4. The molecule has 1 unspecified atom stereocenters. The molecule has 0 amide bonds. The molecule has 2 aromatic heterocycles. The monoisotopic (exact) mass is 491 g/mol. The van der Waals surface area contributed by atoms with E-state index in [0.717, 1.165) is 38.4 Å². The van der Waals surface area contributed by atoms with Crippen LogP contribution < -0.4 is 10.2 Å². The van der Waals surface area contributed by atoms with Crippen molar-refractivity contribution in [2.45, 2.75) is 57.3 Å². The molecule has 1 aromatic carbocycles. The highest BCUT2D eigenvalue weighted by Crippen LogP contribution is 2.41. The van der Waals surface area contributed by atoms with E-state index in [0.29, 0.717) is 54.5 Å². The average molecular weight is 491 g/mol. The molecule has 3 aromatic rings. The Bertz CT molecular complexity index is 1220. The van der Waals surface area contributed by atoms with Crippen LogP contribution in [0.4, 0.5) is 29.5 Å². The van der Waals surface area contributed by atoms with Crippen LogP contribution in [0.15, 0.2) is 22.7 Å². The minimum absolute atomic E-state index is 0.195. The summed E-state index contributed by atoms with van der Waals surface area (Å²) in [6.07, 6.45) is -1.10. The largest absolute Gasteiger partial charge is 0.416 e. The Labute approximate surface area is 198 Å². The molecule has 3 aliphatic rings. The van der Waals surface area contributed by atoms with Crippen LogP contribution in [0.3, 0.4) is 0 Å². The first-order valence-electron chi connectivity index (χ1n) is 11.9. The van der Waals surface area contributed by atoms with Gasteiger partial charge in [0.05, 0.1) is 5.56 Å². The zero-order valence-electron chi connectivity index (χ0n) is 19.1. The van der Waals surface area contributed by atoms with Crippen LogP contribution in [-0.2, 0) is 12.7 Å². The van der Waals surface area contributed by atoms with E-state index in [1.165, 1.54) is 6.07 Å². The van der Waals surface area contributed by atoms with Gasteiger partial charge in [-0.05, 0) is 62.1 Å². The number of hydrogen-bond donors (Lipinski definition) is 1. The lowest BCUT2D eigenvalue weighted by molar-refractivity contribution is -0.137. The van der Waals surface area contributed by atoms with E-state index in [4.69, 9.17) is 4.52 Å². The summed E-state index contributed by atoms with van der Waals surface area (Å²) in [7, 11) is 0. The summed E-state index contributed by atoms with van der Waals surface area (Å²) in [4.78, 5) is 11.2. The van der Waals surface area contributed by atoms with Crippen LogP contribution in [0.25, 0.3) is 0 Å². The fraction of sp³-hybridized carbons (Fsp3) is 0.565. The summed E-state index contributed by atoms with van der Waals surface area (Å²) in [6.45, 7) is 4.03. The van der Waals surface area contributed by atoms with Gasteiger partial charge in [0.2, 0.25) is 5.95 Å². The molecule has 12 heteroatoms. The maximum Gasteiger partial charge on any atom is 0.416 e. The highest BCUT2D eigenvalue weighted by atomic mass is 19.4. The number of anilines is 2. The molecule has 6 rings (SSSR count). The van der Waals surface area contributed by atoms with Crippen LogP contribution >= 0.6 is 0 Å². The molecule has 2 fully saturated rings. The van der Waals surface area contributed by atoms with Gasteiger partial charge in [-0.2, -0.15) is 23.1 Å². The first kappa shape index (κ1) is 22.3. The fourth-order valence-electron chi connectivity index (χ4n) is 5.87. The van der Waals surface area contributed by atoms with Crippen molar-refractivity contribution in [1.29, 1.82) is 0 Å². The van der Waals surface area contributed by atoms with Gasteiger partial charge in [-0.3, -0.25) is 0 Å². The second-order valence-electron chi connectivity index (χ2n) is 9.74. The van der Waals surface area contributed by atoms with Crippen molar-refractivity contribution in [3.8, 4) is 0 Å². The average Bonchev–Trinajstić information content (AvgIpc) is 3.48. The van der Waals surface area contributed by atoms with Gasteiger partial charge in [0.15, 0.2) is 5.82 Å². The molecule has 8 nitrogen and oxygen atoms in total. The molecule has 186 valence electrons. The van der Waals surface area contributed by atoms with E-state index in [9.17, 15) is 17.6 Å². The standard InChI is InChI=1S/C23H25F4N7O/c1-12-28-22(35-32-12)33-10-13-4-5-14(11-33)19(13)29-21-30-20-17(3-2-8-34(20)31-21)16-7-6-15(9-18(16)24)23(25,26)27/h6-7,9,13-14,17,19H,2-5,8,10-11H2,1H3,(H,29,31)/t13-,14+,17?,19-. The van der Waals surface area contributed by atoms with E-state index in [1.54, 1.807) is 11.6 Å². The lowest BCUT2D eigenvalue weighted by atomic mass is 9.90. The SMILES string of the molecule is Cc1noc(N2C[C@H]3CC[C@@H](C2)[C@@H]3Nc2nc3n(n2)CCCC3c2ccc(C(F)(F)F)cc2F)n1. The number of nitrogens with one attached hydrogen (secondary N) is 1. The molecule has 0 spiro atoms. The van der Waals surface area contributed by atoms with Gasteiger partial charge in [-0.15, -0.1) is 5.10 Å². The number of piperidine rings is 1. The summed E-state index contributed by atoms with van der Waals surface area (Å²) >= 11 is 0. The summed E-state index contributed by atoms with van der Waals surface area (Å²) in [5.74, 6) is 1.12. The van der Waals surface area contributed by atoms with E-state index >= 15 is 0 Å². The molecule has 4 heterocycles. The maximum absolute atomic E-state index is 14.7. The first-order valence-corrected chi connectivity index (χ1v) is 11.9. The van der Waals surface area contributed by atoms with Crippen molar-refractivity contribution in [1.82, 2.24) is 24.9 Å². The van der Waals surface area contributed by atoms with Crippen LogP contribution in [0.2, 0.25) is 0 Å². The van der Waals surface area contributed by atoms with Gasteiger partial charge >= 0.3 is 12.2 Å². The number of nitrogens with zero attached hydrogens (tertiary/aromatic N) is 6. The van der Waals surface area contributed by atoms with Crippen LogP contribution in [0.5, 0.6) is 0 Å². The topological polar surface area (TPSA) is 84.9 Å². The third-order valence-electron chi connectivity index (χ3n) is 7.49. The Balaban J connectivity index is 1.21. The van der Waals surface area contributed by atoms with Crippen molar-refractivity contribution >= 4 is 12.0 Å². The Morgan fingerprint density at radius 1 is 1.09 bits per heavy atom. The lowest BCUT2D eigenvalue weighted by Crippen LogP contribution is -2.48. The number of rotatable bonds is 4. The normalized spacial score (nSPS) is 26.1. The third-order valence-corrected chi connectivity index (χ3v) is 7.49. The van der Waals surface area contributed by atoms with E-state index < -0.39 is 23.5 Å². The molecule has 1 aliphatic carbocycles. The number of hydrogen-bond acceptors (Lipinski definition) is 7. The van der Waals surface area contributed by atoms with Gasteiger partial charge in [0.25, 0.3) is 0 Å². The van der Waals surface area contributed by atoms with Crippen molar-refractivity contribution < 1.29 is 22.1 Å². The first-order chi connectivity index (χ1) is 16.8. The van der Waals surface area contributed by atoms with Gasteiger partial charge in [0, 0.05) is 31.6 Å². The number of alkyl halides is 3. The number of fused-ring (bicyclic) bond motifs is 3. The van der Waals surface area contributed by atoms with Crippen molar-refractivity contribution in [3.05, 3.63) is 46.8 Å². The molecule has 4 atom stereocenters. The molecule has 1 N–H and O–H groups in total. The highest BCUT2D eigenvalue weighted by molar-refractivity contribution is 5.37. The summed E-state index contributed by atoms with van der Waals surface area (Å²) in [6, 6.07) is 3.48. The van der Waals surface area contributed by atoms with Crippen molar-refractivity contribution in [2.75, 3.05) is 23.3 Å². The van der Waals surface area contributed by atoms with E-state index in [-0.39, 0.29) is 11.6 Å². The molecule has 2 bridgehead atoms. The third kappa shape index (κ3) is 4.02. The molecule has 0 radical (unpaired) electrons. The summed E-state index contributed by atoms with van der Waals surface area (Å²) < 4.78 is 60.8. The van der Waals surface area contributed by atoms with Crippen molar-refractivity contribution in [2.24, 2.45) is 11.8 Å². The molecule has 1 saturated heterocycles. The highest BCUT2D eigenvalue weighted by Gasteiger charge is 2.44. The fourth-order valence-corrected chi connectivity index (χ4v) is 5.87. The summed E-state index contributed by atoms with van der Waals surface area (Å²) in [5, 5.41) is 12.0. The Morgan fingerprint density at radius 3 is 2.51 bits per heavy atom. The summed E-state index contributed by atoms with van der Waals surface area (Å²) in [5.41, 5.74) is -0.767. The predicted molar refractivity (Wildman–Crippen MR) is 117 cm³/mol. The number of aryl methyl sites for hydroxylation is 2.